The summed E-state index contributed by atoms with van der Waals surface area (Å²) in [4.78, 5) is 13.2. The van der Waals surface area contributed by atoms with Crippen molar-refractivity contribution in [3.63, 3.8) is 0 Å². The summed E-state index contributed by atoms with van der Waals surface area (Å²) in [5.41, 5.74) is 0.621. The molecule has 1 fully saturated rings. The Hall–Kier alpha value is -1.46. The van der Waals surface area contributed by atoms with Gasteiger partial charge in [0.25, 0.3) is 5.91 Å². The molecule has 1 atom stereocenters. The molecule has 2 N–H and O–H groups in total. The van der Waals surface area contributed by atoms with Crippen LogP contribution in [0.25, 0.3) is 0 Å². The average Bonchev–Trinajstić information content (AvgIpc) is 2.40. The van der Waals surface area contributed by atoms with Crippen LogP contribution in [0.2, 0.25) is 0 Å². The maximum atomic E-state index is 13.9. The van der Waals surface area contributed by atoms with Gasteiger partial charge in [0.2, 0.25) is 6.30 Å². The number of halogens is 1. The number of nitrogens with zero attached hydrogens (tertiary/aromatic N) is 1. The van der Waals surface area contributed by atoms with E-state index >= 15 is 0 Å². The van der Waals surface area contributed by atoms with E-state index in [2.05, 4.69) is 10.6 Å². The molecule has 5 heteroatoms. The van der Waals surface area contributed by atoms with Crippen molar-refractivity contribution in [2.24, 2.45) is 0 Å². The van der Waals surface area contributed by atoms with Gasteiger partial charge in [-0.05, 0) is 12.1 Å². The van der Waals surface area contributed by atoms with Crippen molar-refractivity contribution >= 4 is 11.6 Å². The standard InChI is InChI=1S/C12H16FN3O/c13-11(16-8-6-14-7-9-16)12(17)15-10-4-2-1-3-5-10/h1-5,11,14H,6-9H2,(H,15,17). The zero-order valence-electron chi connectivity index (χ0n) is 9.53. The van der Waals surface area contributed by atoms with E-state index in [-0.39, 0.29) is 0 Å². The molecular formula is C12H16FN3O. The molecule has 0 spiro atoms. The Labute approximate surface area is 99.8 Å². The van der Waals surface area contributed by atoms with Gasteiger partial charge in [-0.2, -0.15) is 0 Å². The summed E-state index contributed by atoms with van der Waals surface area (Å²) in [6, 6.07) is 8.92. The van der Waals surface area contributed by atoms with Crippen molar-refractivity contribution < 1.29 is 9.18 Å². The lowest BCUT2D eigenvalue weighted by molar-refractivity contribution is -0.127. The van der Waals surface area contributed by atoms with E-state index in [0.717, 1.165) is 13.1 Å². The van der Waals surface area contributed by atoms with Crippen LogP contribution < -0.4 is 10.6 Å². The lowest BCUT2D eigenvalue weighted by Gasteiger charge is -2.29. The first-order valence-electron chi connectivity index (χ1n) is 5.72. The third-order valence-electron chi connectivity index (χ3n) is 2.73. The Morgan fingerprint density at radius 3 is 2.59 bits per heavy atom. The number of hydrogen-bond acceptors (Lipinski definition) is 3. The Kier molecular flexibility index (Phi) is 4.06. The molecule has 1 aliphatic heterocycles. The van der Waals surface area contributed by atoms with Gasteiger partial charge in [0.15, 0.2) is 0 Å². The Balaban J connectivity index is 1.90. The largest absolute Gasteiger partial charge is 0.322 e. The number of anilines is 1. The summed E-state index contributed by atoms with van der Waals surface area (Å²) < 4.78 is 13.9. The molecule has 1 saturated heterocycles. The van der Waals surface area contributed by atoms with Gasteiger partial charge in [0.05, 0.1) is 0 Å². The first-order valence-corrected chi connectivity index (χ1v) is 5.72. The van der Waals surface area contributed by atoms with Crippen molar-refractivity contribution in [1.82, 2.24) is 10.2 Å². The number of carbonyl (C=O) groups is 1. The van der Waals surface area contributed by atoms with Gasteiger partial charge in [0, 0.05) is 31.9 Å². The first-order chi connectivity index (χ1) is 8.27. The summed E-state index contributed by atoms with van der Waals surface area (Å²) in [5, 5.41) is 5.68. The fraction of sp³-hybridized carbons (Fsp3) is 0.417. The number of piperazine rings is 1. The minimum atomic E-state index is -1.57. The lowest BCUT2D eigenvalue weighted by Crippen LogP contribution is -2.50. The van der Waals surface area contributed by atoms with E-state index < -0.39 is 12.2 Å². The second-order valence-electron chi connectivity index (χ2n) is 3.98. The molecular weight excluding hydrogens is 221 g/mol. The van der Waals surface area contributed by atoms with E-state index in [1.54, 1.807) is 24.3 Å². The van der Waals surface area contributed by atoms with Crippen LogP contribution in [-0.2, 0) is 4.79 Å². The molecule has 0 radical (unpaired) electrons. The van der Waals surface area contributed by atoms with Crippen molar-refractivity contribution in [2.45, 2.75) is 6.30 Å². The molecule has 4 nitrogen and oxygen atoms in total. The highest BCUT2D eigenvalue weighted by Gasteiger charge is 2.26. The summed E-state index contributed by atoms with van der Waals surface area (Å²) in [6.45, 7) is 2.56. The van der Waals surface area contributed by atoms with Gasteiger partial charge in [0.1, 0.15) is 0 Å². The van der Waals surface area contributed by atoms with Gasteiger partial charge in [-0.1, -0.05) is 18.2 Å². The molecule has 0 aromatic heterocycles. The number of alkyl halides is 1. The molecule has 1 unspecified atom stereocenters. The van der Waals surface area contributed by atoms with Crippen LogP contribution in [0.3, 0.4) is 0 Å². The van der Waals surface area contributed by atoms with Crippen molar-refractivity contribution in [3.8, 4) is 0 Å². The van der Waals surface area contributed by atoms with Gasteiger partial charge >= 0.3 is 0 Å². The van der Waals surface area contributed by atoms with Gasteiger partial charge < -0.3 is 10.6 Å². The number of amides is 1. The van der Waals surface area contributed by atoms with Crippen LogP contribution in [-0.4, -0.2) is 43.3 Å². The number of benzene rings is 1. The van der Waals surface area contributed by atoms with Crippen LogP contribution >= 0.6 is 0 Å². The second kappa shape index (κ2) is 5.75. The molecule has 0 saturated carbocycles. The highest BCUT2D eigenvalue weighted by molar-refractivity contribution is 5.93. The first kappa shape index (κ1) is 12.0. The van der Waals surface area contributed by atoms with E-state index in [1.165, 1.54) is 4.90 Å². The fourth-order valence-corrected chi connectivity index (χ4v) is 1.80. The van der Waals surface area contributed by atoms with Crippen LogP contribution in [0.1, 0.15) is 0 Å². The van der Waals surface area contributed by atoms with E-state index in [1.807, 2.05) is 6.07 Å². The minimum Gasteiger partial charge on any atom is -0.322 e. The monoisotopic (exact) mass is 237 g/mol. The van der Waals surface area contributed by atoms with Gasteiger partial charge in [-0.25, -0.2) is 4.39 Å². The number of carbonyl (C=O) groups excluding carboxylic acids is 1. The maximum Gasteiger partial charge on any atom is 0.274 e. The maximum absolute atomic E-state index is 13.9. The topological polar surface area (TPSA) is 44.4 Å². The summed E-state index contributed by atoms with van der Waals surface area (Å²) in [5.74, 6) is -0.599. The zero-order valence-corrected chi connectivity index (χ0v) is 9.53. The molecule has 1 aliphatic rings. The van der Waals surface area contributed by atoms with Crippen molar-refractivity contribution in [1.29, 1.82) is 0 Å². The summed E-state index contributed by atoms with van der Waals surface area (Å²) >= 11 is 0. The molecule has 1 amide bonds. The molecule has 0 bridgehead atoms. The van der Waals surface area contributed by atoms with Crippen molar-refractivity contribution in [3.05, 3.63) is 30.3 Å². The highest BCUT2D eigenvalue weighted by atomic mass is 19.1. The highest BCUT2D eigenvalue weighted by Crippen LogP contribution is 2.09. The number of para-hydroxylation sites is 1. The number of rotatable bonds is 3. The average molecular weight is 237 g/mol. The van der Waals surface area contributed by atoms with Crippen LogP contribution in [0, 0.1) is 0 Å². The molecule has 0 aliphatic carbocycles. The number of nitrogens with one attached hydrogen (secondary N) is 2. The SMILES string of the molecule is O=C(Nc1ccccc1)C(F)N1CCNCC1. The normalized spacial score (nSPS) is 18.6. The molecule has 17 heavy (non-hydrogen) atoms. The quantitative estimate of drug-likeness (QED) is 0.765. The predicted octanol–water partition coefficient (Wildman–Crippen LogP) is 0.826. The van der Waals surface area contributed by atoms with Gasteiger partial charge in [-0.15, -0.1) is 0 Å². The molecule has 92 valence electrons. The fourth-order valence-electron chi connectivity index (χ4n) is 1.80. The Morgan fingerprint density at radius 1 is 1.29 bits per heavy atom. The Bertz CT molecular complexity index is 365. The Morgan fingerprint density at radius 2 is 1.94 bits per heavy atom. The predicted molar refractivity (Wildman–Crippen MR) is 64.4 cm³/mol. The van der Waals surface area contributed by atoms with E-state index in [9.17, 15) is 9.18 Å². The van der Waals surface area contributed by atoms with E-state index in [4.69, 9.17) is 0 Å². The smallest absolute Gasteiger partial charge is 0.274 e. The van der Waals surface area contributed by atoms with Crippen LogP contribution in [0.15, 0.2) is 30.3 Å². The summed E-state index contributed by atoms with van der Waals surface area (Å²) in [6.07, 6.45) is -1.57. The third kappa shape index (κ3) is 3.25. The lowest BCUT2D eigenvalue weighted by atomic mass is 10.3. The van der Waals surface area contributed by atoms with E-state index in [0.29, 0.717) is 18.8 Å². The molecule has 2 rings (SSSR count). The van der Waals surface area contributed by atoms with Crippen LogP contribution in [0.4, 0.5) is 10.1 Å². The van der Waals surface area contributed by atoms with Crippen molar-refractivity contribution in [2.75, 3.05) is 31.5 Å². The number of hydrogen-bond donors (Lipinski definition) is 2. The molecule has 1 aromatic rings. The second-order valence-corrected chi connectivity index (χ2v) is 3.98. The molecule has 1 aromatic carbocycles. The minimum absolute atomic E-state index is 0.559. The summed E-state index contributed by atoms with van der Waals surface area (Å²) in [7, 11) is 0. The molecule has 1 heterocycles. The van der Waals surface area contributed by atoms with Crippen LogP contribution in [0.5, 0.6) is 0 Å². The third-order valence-corrected chi connectivity index (χ3v) is 2.73. The zero-order chi connectivity index (χ0) is 12.1. The van der Waals surface area contributed by atoms with Gasteiger partial charge in [-0.3, -0.25) is 9.69 Å².